The van der Waals surface area contributed by atoms with Gasteiger partial charge in [0.1, 0.15) is 5.82 Å². The molecule has 1 N–H and O–H groups in total. The van der Waals surface area contributed by atoms with E-state index in [9.17, 15) is 4.79 Å². The quantitative estimate of drug-likeness (QED) is 0.474. The zero-order valence-corrected chi connectivity index (χ0v) is 17.2. The zero-order chi connectivity index (χ0) is 20.4. The first-order chi connectivity index (χ1) is 14.0. The summed E-state index contributed by atoms with van der Waals surface area (Å²) in [5.74, 6) is 0.563. The fourth-order valence-electron chi connectivity index (χ4n) is 3.25. The molecule has 4 aromatic rings. The number of nitrogens with zero attached hydrogens (tertiary/aromatic N) is 3. The van der Waals surface area contributed by atoms with E-state index >= 15 is 0 Å². The van der Waals surface area contributed by atoms with Crippen LogP contribution in [0.2, 0.25) is 10.0 Å². The van der Waals surface area contributed by atoms with Crippen molar-refractivity contribution >= 4 is 40.1 Å². The molecule has 146 valence electrons. The third kappa shape index (κ3) is 4.11. The van der Waals surface area contributed by atoms with Crippen molar-refractivity contribution in [2.24, 2.45) is 0 Å². The normalized spacial score (nSPS) is 12.1. The number of aromatic nitrogens is 3. The third-order valence-corrected chi connectivity index (χ3v) is 5.41. The molecule has 1 amide bonds. The molecule has 2 aromatic heterocycles. The van der Waals surface area contributed by atoms with Crippen molar-refractivity contribution in [3.8, 4) is 0 Å². The average Bonchev–Trinajstić information content (AvgIpc) is 3.10. The Morgan fingerprint density at radius 2 is 1.93 bits per heavy atom. The minimum absolute atomic E-state index is 0.196. The number of carbonyl (C=O) groups is 1. The first-order valence-electron chi connectivity index (χ1n) is 9.13. The lowest BCUT2D eigenvalue weighted by molar-refractivity contribution is 0.0937. The third-order valence-electron chi connectivity index (χ3n) is 4.67. The van der Waals surface area contributed by atoms with Crippen LogP contribution < -0.4 is 5.32 Å². The van der Waals surface area contributed by atoms with Crippen LogP contribution in [-0.4, -0.2) is 20.4 Å². The van der Waals surface area contributed by atoms with E-state index in [1.165, 1.54) is 0 Å². The Bertz CT molecular complexity index is 1170. The molecule has 0 saturated heterocycles. The molecule has 1 atom stereocenters. The summed E-state index contributed by atoms with van der Waals surface area (Å²) in [6, 6.07) is 16.6. The van der Waals surface area contributed by atoms with Crippen LogP contribution in [0.5, 0.6) is 0 Å². The largest absolute Gasteiger partial charge is 0.342 e. The van der Waals surface area contributed by atoms with Crippen LogP contribution in [0.15, 0.2) is 67.0 Å². The van der Waals surface area contributed by atoms with Crippen molar-refractivity contribution in [3.05, 3.63) is 94.0 Å². The van der Waals surface area contributed by atoms with Gasteiger partial charge in [0.25, 0.3) is 5.91 Å². The molecule has 0 aliphatic rings. The van der Waals surface area contributed by atoms with Crippen molar-refractivity contribution in [1.29, 1.82) is 0 Å². The molecule has 7 heteroatoms. The average molecular weight is 425 g/mol. The topological polar surface area (TPSA) is 59.8 Å². The van der Waals surface area contributed by atoms with Crippen molar-refractivity contribution in [3.63, 3.8) is 0 Å². The number of imidazole rings is 1. The summed E-state index contributed by atoms with van der Waals surface area (Å²) in [7, 11) is 0. The number of rotatable bonds is 5. The Morgan fingerprint density at radius 1 is 1.10 bits per heavy atom. The molecule has 4 rings (SSSR count). The predicted octanol–water partition coefficient (Wildman–Crippen LogP) is 5.28. The fraction of sp³-hybridized carbons (Fsp3) is 0.136. The van der Waals surface area contributed by atoms with Gasteiger partial charge in [0.2, 0.25) is 0 Å². The van der Waals surface area contributed by atoms with Gasteiger partial charge in [0, 0.05) is 18.9 Å². The van der Waals surface area contributed by atoms with E-state index in [0.717, 1.165) is 22.4 Å². The molecular formula is C22H18Cl2N4O. The molecule has 5 nitrogen and oxygen atoms in total. The van der Waals surface area contributed by atoms with Crippen LogP contribution in [0.3, 0.4) is 0 Å². The molecular weight excluding hydrogens is 407 g/mol. The van der Waals surface area contributed by atoms with E-state index in [2.05, 4.69) is 14.9 Å². The molecule has 2 aromatic carbocycles. The molecule has 0 spiro atoms. The molecule has 0 aliphatic carbocycles. The second-order valence-corrected chi connectivity index (χ2v) is 7.54. The number of carbonyl (C=O) groups excluding carboxylic acids is 1. The van der Waals surface area contributed by atoms with Gasteiger partial charge in [-0.1, -0.05) is 41.4 Å². The van der Waals surface area contributed by atoms with Crippen LogP contribution in [0.25, 0.3) is 11.0 Å². The van der Waals surface area contributed by atoms with Gasteiger partial charge in [0.05, 0.1) is 32.7 Å². The lowest BCUT2D eigenvalue weighted by Gasteiger charge is -2.17. The van der Waals surface area contributed by atoms with Crippen molar-refractivity contribution < 1.29 is 4.79 Å². The number of hydrogen-bond acceptors (Lipinski definition) is 3. The maximum atomic E-state index is 12.6. The van der Waals surface area contributed by atoms with Gasteiger partial charge in [0.15, 0.2) is 0 Å². The Hall–Kier alpha value is -2.89. The summed E-state index contributed by atoms with van der Waals surface area (Å²) in [5, 5.41) is 4.04. The number of para-hydroxylation sites is 2. The maximum Gasteiger partial charge on any atom is 0.253 e. The maximum absolute atomic E-state index is 12.6. The van der Waals surface area contributed by atoms with Gasteiger partial charge in [-0.05, 0) is 48.9 Å². The molecule has 1 unspecified atom stereocenters. The lowest BCUT2D eigenvalue weighted by Crippen LogP contribution is -2.29. The zero-order valence-electron chi connectivity index (χ0n) is 15.6. The van der Waals surface area contributed by atoms with Crippen molar-refractivity contribution in [2.45, 2.75) is 19.5 Å². The number of benzene rings is 2. The van der Waals surface area contributed by atoms with Gasteiger partial charge in [-0.25, -0.2) is 4.98 Å². The van der Waals surface area contributed by atoms with E-state index < -0.39 is 0 Å². The first-order valence-corrected chi connectivity index (χ1v) is 9.88. The first kappa shape index (κ1) is 19.4. The Balaban J connectivity index is 1.69. The molecule has 0 radical (unpaired) electrons. The highest BCUT2D eigenvalue weighted by molar-refractivity contribution is 6.42. The van der Waals surface area contributed by atoms with E-state index in [1.54, 1.807) is 30.6 Å². The van der Waals surface area contributed by atoms with Gasteiger partial charge in [-0.2, -0.15) is 0 Å². The molecule has 29 heavy (non-hydrogen) atoms. The van der Waals surface area contributed by atoms with E-state index in [0.29, 0.717) is 22.2 Å². The van der Waals surface area contributed by atoms with E-state index in [1.807, 2.05) is 43.3 Å². The highest BCUT2D eigenvalue weighted by atomic mass is 35.5. The molecule has 0 bridgehead atoms. The minimum atomic E-state index is -0.308. The predicted molar refractivity (Wildman–Crippen MR) is 115 cm³/mol. The summed E-state index contributed by atoms with van der Waals surface area (Å²) in [5.41, 5.74) is 3.35. The summed E-state index contributed by atoms with van der Waals surface area (Å²) >= 11 is 12.2. The number of amides is 1. The van der Waals surface area contributed by atoms with Gasteiger partial charge in [-0.3, -0.25) is 9.78 Å². The van der Waals surface area contributed by atoms with Crippen LogP contribution in [-0.2, 0) is 6.54 Å². The fourth-order valence-corrected chi connectivity index (χ4v) is 3.57. The van der Waals surface area contributed by atoms with Crippen LogP contribution in [0.1, 0.15) is 34.7 Å². The number of pyridine rings is 1. The van der Waals surface area contributed by atoms with Crippen LogP contribution in [0.4, 0.5) is 0 Å². The van der Waals surface area contributed by atoms with Crippen LogP contribution in [0, 0.1) is 0 Å². The van der Waals surface area contributed by atoms with Crippen molar-refractivity contribution in [2.75, 3.05) is 0 Å². The summed E-state index contributed by atoms with van der Waals surface area (Å²) < 4.78 is 2.09. The standard InChI is InChI=1S/C22H18Cl2N4O/c1-14(26-22(29)16-5-4-10-25-12-16)21-27-19-6-2-3-7-20(19)28(21)13-15-8-9-17(23)18(24)11-15/h2-12,14H,13H2,1H3,(H,26,29). The van der Waals surface area contributed by atoms with Gasteiger partial charge >= 0.3 is 0 Å². The number of halogens is 2. The lowest BCUT2D eigenvalue weighted by atomic mass is 10.2. The van der Waals surface area contributed by atoms with Gasteiger partial charge in [-0.15, -0.1) is 0 Å². The van der Waals surface area contributed by atoms with Gasteiger partial charge < -0.3 is 9.88 Å². The monoisotopic (exact) mass is 424 g/mol. The minimum Gasteiger partial charge on any atom is -0.342 e. The summed E-state index contributed by atoms with van der Waals surface area (Å²) in [4.78, 5) is 21.3. The summed E-state index contributed by atoms with van der Waals surface area (Å²) in [6.07, 6.45) is 3.18. The number of fused-ring (bicyclic) bond motifs is 1. The Labute approximate surface area is 178 Å². The number of hydrogen-bond donors (Lipinski definition) is 1. The number of nitrogens with one attached hydrogen (secondary N) is 1. The molecule has 0 fully saturated rings. The van der Waals surface area contributed by atoms with Crippen molar-refractivity contribution in [1.82, 2.24) is 19.9 Å². The molecule has 2 heterocycles. The van der Waals surface area contributed by atoms with E-state index in [4.69, 9.17) is 28.2 Å². The smallest absolute Gasteiger partial charge is 0.253 e. The molecule has 0 aliphatic heterocycles. The van der Waals surface area contributed by atoms with Crippen LogP contribution >= 0.6 is 23.2 Å². The second-order valence-electron chi connectivity index (χ2n) is 6.73. The second kappa shape index (κ2) is 8.23. The molecule has 0 saturated carbocycles. The Kier molecular flexibility index (Phi) is 5.51. The highest BCUT2D eigenvalue weighted by Crippen LogP contribution is 2.26. The van der Waals surface area contributed by atoms with E-state index in [-0.39, 0.29) is 11.9 Å². The Morgan fingerprint density at radius 3 is 2.69 bits per heavy atom. The highest BCUT2D eigenvalue weighted by Gasteiger charge is 2.19. The summed E-state index contributed by atoms with van der Waals surface area (Å²) in [6.45, 7) is 2.47. The SMILES string of the molecule is CC(NC(=O)c1cccnc1)c1nc2ccccc2n1Cc1ccc(Cl)c(Cl)c1.